The molecule has 1 aliphatic carbocycles. The van der Waals surface area contributed by atoms with Crippen molar-refractivity contribution in [1.29, 1.82) is 5.26 Å². The molecule has 8 nitrogen and oxygen atoms in total. The Morgan fingerprint density at radius 1 is 1.25 bits per heavy atom. The molecular weight excluding hydrogens is 406 g/mol. The molecule has 0 unspecified atom stereocenters. The molecule has 0 aromatic carbocycles. The SMILES string of the molecule is CC(C)(C)OC(=O)Cc1ccnc(Nc2cc(N3CC[C@@](C#N)(C4CC4)C3=O)ccn2)c1. The summed E-state index contributed by atoms with van der Waals surface area (Å²) in [5.74, 6) is 0.823. The van der Waals surface area contributed by atoms with Crippen LogP contribution in [0.2, 0.25) is 0 Å². The molecule has 0 bridgehead atoms. The van der Waals surface area contributed by atoms with Crippen molar-refractivity contribution >= 4 is 29.2 Å². The molecule has 1 atom stereocenters. The van der Waals surface area contributed by atoms with E-state index in [1.54, 1.807) is 41.6 Å². The number of anilines is 3. The lowest BCUT2D eigenvalue weighted by atomic mass is 9.83. The fourth-order valence-electron chi connectivity index (χ4n) is 4.12. The Balaban J connectivity index is 1.47. The number of carbonyl (C=O) groups excluding carboxylic acids is 2. The van der Waals surface area contributed by atoms with Gasteiger partial charge in [-0.2, -0.15) is 5.26 Å². The maximum Gasteiger partial charge on any atom is 0.310 e. The second-order valence-electron chi connectivity index (χ2n) is 9.40. The van der Waals surface area contributed by atoms with Gasteiger partial charge in [-0.25, -0.2) is 9.97 Å². The van der Waals surface area contributed by atoms with Gasteiger partial charge in [-0.3, -0.25) is 9.59 Å². The van der Waals surface area contributed by atoms with Crippen LogP contribution < -0.4 is 10.2 Å². The number of nitrogens with zero attached hydrogens (tertiary/aromatic N) is 4. The topological polar surface area (TPSA) is 108 Å². The van der Waals surface area contributed by atoms with E-state index in [0.717, 1.165) is 18.4 Å². The van der Waals surface area contributed by atoms with E-state index in [1.165, 1.54) is 0 Å². The zero-order valence-electron chi connectivity index (χ0n) is 18.6. The van der Waals surface area contributed by atoms with Crippen LogP contribution in [0.15, 0.2) is 36.7 Å². The van der Waals surface area contributed by atoms with Gasteiger partial charge in [0.15, 0.2) is 0 Å². The van der Waals surface area contributed by atoms with Gasteiger partial charge in [0.05, 0.1) is 12.5 Å². The van der Waals surface area contributed by atoms with Gasteiger partial charge in [-0.1, -0.05) is 0 Å². The number of ether oxygens (including phenoxy) is 1. The molecule has 1 aliphatic heterocycles. The number of rotatable bonds is 6. The number of pyridine rings is 2. The summed E-state index contributed by atoms with van der Waals surface area (Å²) in [5, 5.41) is 12.8. The molecule has 2 aromatic heterocycles. The lowest BCUT2D eigenvalue weighted by Crippen LogP contribution is -2.35. The average Bonchev–Trinajstić information content (AvgIpc) is 3.51. The Morgan fingerprint density at radius 3 is 2.59 bits per heavy atom. The van der Waals surface area contributed by atoms with Crippen LogP contribution in [0.1, 0.15) is 45.6 Å². The molecule has 1 saturated heterocycles. The third-order valence-corrected chi connectivity index (χ3v) is 5.73. The number of hydrogen-bond acceptors (Lipinski definition) is 7. The highest BCUT2D eigenvalue weighted by atomic mass is 16.6. The van der Waals surface area contributed by atoms with E-state index < -0.39 is 11.0 Å². The number of hydrogen-bond donors (Lipinski definition) is 1. The van der Waals surface area contributed by atoms with Crippen molar-refractivity contribution < 1.29 is 14.3 Å². The smallest absolute Gasteiger partial charge is 0.310 e. The molecule has 1 saturated carbocycles. The maximum absolute atomic E-state index is 13.1. The molecule has 0 radical (unpaired) electrons. The Bertz CT molecular complexity index is 1080. The van der Waals surface area contributed by atoms with Crippen molar-refractivity contribution in [2.24, 2.45) is 11.3 Å². The Kier molecular flexibility index (Phi) is 5.59. The molecule has 8 heteroatoms. The van der Waals surface area contributed by atoms with Crippen LogP contribution in [0.5, 0.6) is 0 Å². The second kappa shape index (κ2) is 8.23. The normalized spacial score (nSPS) is 20.7. The minimum atomic E-state index is -0.881. The highest BCUT2D eigenvalue weighted by Gasteiger charge is 2.56. The first-order valence-corrected chi connectivity index (χ1v) is 10.8. The first-order chi connectivity index (χ1) is 15.2. The summed E-state index contributed by atoms with van der Waals surface area (Å²) in [7, 11) is 0. The molecule has 2 aliphatic rings. The summed E-state index contributed by atoms with van der Waals surface area (Å²) in [6, 6.07) is 9.40. The van der Waals surface area contributed by atoms with E-state index in [9.17, 15) is 14.9 Å². The Labute approximate surface area is 187 Å². The fourth-order valence-corrected chi connectivity index (χ4v) is 4.12. The second-order valence-corrected chi connectivity index (χ2v) is 9.40. The summed E-state index contributed by atoms with van der Waals surface area (Å²) < 4.78 is 5.38. The molecule has 4 rings (SSSR count). The van der Waals surface area contributed by atoms with Crippen molar-refractivity contribution in [1.82, 2.24) is 9.97 Å². The number of nitriles is 1. The van der Waals surface area contributed by atoms with Gasteiger partial charge in [0.25, 0.3) is 0 Å². The van der Waals surface area contributed by atoms with Gasteiger partial charge in [0.1, 0.15) is 22.7 Å². The average molecular weight is 434 g/mol. The van der Waals surface area contributed by atoms with Crippen LogP contribution in [0, 0.1) is 22.7 Å². The highest BCUT2D eigenvalue weighted by molar-refractivity contribution is 6.02. The molecule has 2 aromatic rings. The standard InChI is InChI=1S/C24H27N5O3/c1-23(2,3)32-21(30)13-16-6-9-26-19(12-16)28-20-14-18(7-10-27-20)29-11-8-24(15-25,22(29)31)17-4-5-17/h6-7,9-10,12,14,17H,4-5,8,11,13H2,1-3H3,(H,26,27,28)/t24-/m1/s1. The van der Waals surface area contributed by atoms with E-state index in [1.807, 2.05) is 20.8 Å². The van der Waals surface area contributed by atoms with Crippen molar-refractivity contribution in [3.63, 3.8) is 0 Å². The maximum atomic E-state index is 13.1. The molecule has 32 heavy (non-hydrogen) atoms. The van der Waals surface area contributed by atoms with Crippen molar-refractivity contribution in [3.8, 4) is 6.07 Å². The zero-order valence-corrected chi connectivity index (χ0v) is 18.6. The number of amides is 1. The van der Waals surface area contributed by atoms with Crippen LogP contribution in [0.3, 0.4) is 0 Å². The summed E-state index contributed by atoms with van der Waals surface area (Å²) in [6.45, 7) is 6.02. The lowest BCUT2D eigenvalue weighted by molar-refractivity contribution is -0.153. The van der Waals surface area contributed by atoms with Crippen molar-refractivity contribution in [2.45, 2.75) is 52.1 Å². The molecule has 1 amide bonds. The third kappa shape index (κ3) is 4.57. The van der Waals surface area contributed by atoms with Crippen LogP contribution in [0.4, 0.5) is 17.3 Å². The van der Waals surface area contributed by atoms with E-state index in [4.69, 9.17) is 4.74 Å². The van der Waals surface area contributed by atoms with Crippen molar-refractivity contribution in [2.75, 3.05) is 16.8 Å². The quantitative estimate of drug-likeness (QED) is 0.691. The van der Waals surface area contributed by atoms with Crippen LogP contribution in [-0.4, -0.2) is 34.0 Å². The number of esters is 1. The summed E-state index contributed by atoms with van der Waals surface area (Å²) in [5.41, 5.74) is 0.0561. The van der Waals surface area contributed by atoms with E-state index in [-0.39, 0.29) is 24.2 Å². The number of aromatic nitrogens is 2. The summed E-state index contributed by atoms with van der Waals surface area (Å²) >= 11 is 0. The van der Waals surface area contributed by atoms with E-state index >= 15 is 0 Å². The highest BCUT2D eigenvalue weighted by Crippen LogP contribution is 2.51. The van der Waals surface area contributed by atoms with Crippen LogP contribution in [0.25, 0.3) is 0 Å². The third-order valence-electron chi connectivity index (χ3n) is 5.73. The molecule has 0 spiro atoms. The molecule has 1 N–H and O–H groups in total. The van der Waals surface area contributed by atoms with Gasteiger partial charge in [-0.15, -0.1) is 0 Å². The predicted molar refractivity (Wildman–Crippen MR) is 119 cm³/mol. The molecular formula is C24H27N5O3. The molecule has 2 fully saturated rings. The van der Waals surface area contributed by atoms with Crippen molar-refractivity contribution in [3.05, 3.63) is 42.2 Å². The Hall–Kier alpha value is -3.47. The lowest BCUT2D eigenvalue weighted by Gasteiger charge is -2.21. The predicted octanol–water partition coefficient (Wildman–Crippen LogP) is 3.76. The van der Waals surface area contributed by atoms with Gasteiger partial charge >= 0.3 is 5.97 Å². The molecule has 3 heterocycles. The van der Waals surface area contributed by atoms with Gasteiger partial charge < -0.3 is 15.0 Å². The largest absolute Gasteiger partial charge is 0.460 e. The fraction of sp³-hybridized carbons (Fsp3) is 0.458. The Morgan fingerprint density at radius 2 is 1.94 bits per heavy atom. The van der Waals surface area contributed by atoms with E-state index in [0.29, 0.717) is 30.3 Å². The monoisotopic (exact) mass is 433 g/mol. The van der Waals surface area contributed by atoms with E-state index in [2.05, 4.69) is 21.4 Å². The van der Waals surface area contributed by atoms with Gasteiger partial charge in [0, 0.05) is 30.7 Å². The minimum absolute atomic E-state index is 0.114. The summed E-state index contributed by atoms with van der Waals surface area (Å²) in [6.07, 6.45) is 5.84. The number of carbonyl (C=O) groups is 2. The first kappa shape index (κ1) is 21.8. The van der Waals surface area contributed by atoms with Gasteiger partial charge in [-0.05, 0) is 69.7 Å². The van der Waals surface area contributed by atoms with Crippen LogP contribution in [-0.2, 0) is 20.7 Å². The first-order valence-electron chi connectivity index (χ1n) is 10.8. The minimum Gasteiger partial charge on any atom is -0.460 e. The molecule has 166 valence electrons. The van der Waals surface area contributed by atoms with Crippen LogP contribution >= 0.6 is 0 Å². The number of nitrogens with one attached hydrogen (secondary N) is 1. The van der Waals surface area contributed by atoms with Gasteiger partial charge in [0.2, 0.25) is 5.91 Å². The summed E-state index contributed by atoms with van der Waals surface area (Å²) in [4.78, 5) is 35.5. The zero-order chi connectivity index (χ0) is 22.9.